The summed E-state index contributed by atoms with van der Waals surface area (Å²) < 4.78 is 13.7. The molecule has 0 spiro atoms. The van der Waals surface area contributed by atoms with Crippen LogP contribution in [0.15, 0.2) is 36.4 Å². The number of fused-ring (bicyclic) bond motifs is 1. The number of rotatable bonds is 5. The number of hydrogen-bond acceptors (Lipinski definition) is 1. The van der Waals surface area contributed by atoms with Crippen LogP contribution in [0.4, 0.5) is 4.39 Å². The summed E-state index contributed by atoms with van der Waals surface area (Å²) in [5, 5.41) is 1.61. The molecule has 0 aliphatic heterocycles. The molecule has 0 fully saturated rings. The molecule has 0 heterocycles. The summed E-state index contributed by atoms with van der Waals surface area (Å²) in [6, 6.07) is 10.9. The van der Waals surface area contributed by atoms with E-state index in [9.17, 15) is 4.39 Å². The second-order valence-corrected chi connectivity index (χ2v) is 4.78. The molecule has 0 aromatic heterocycles. The van der Waals surface area contributed by atoms with Gasteiger partial charge in [0.2, 0.25) is 0 Å². The fourth-order valence-corrected chi connectivity index (χ4v) is 2.38. The van der Waals surface area contributed by atoms with Crippen LogP contribution >= 0.6 is 0 Å². The van der Waals surface area contributed by atoms with E-state index in [-0.39, 0.29) is 11.9 Å². The largest absolute Gasteiger partial charge is 0.324 e. The summed E-state index contributed by atoms with van der Waals surface area (Å²) in [6.45, 7) is 2.18. The van der Waals surface area contributed by atoms with Gasteiger partial charge in [0, 0.05) is 11.4 Å². The van der Waals surface area contributed by atoms with Gasteiger partial charge >= 0.3 is 0 Å². The highest BCUT2D eigenvalue weighted by Crippen LogP contribution is 2.27. The lowest BCUT2D eigenvalue weighted by Gasteiger charge is -2.15. The van der Waals surface area contributed by atoms with Crippen LogP contribution < -0.4 is 5.73 Å². The molecule has 0 amide bonds. The maximum absolute atomic E-state index is 13.7. The van der Waals surface area contributed by atoms with Crippen molar-refractivity contribution in [1.29, 1.82) is 0 Å². The van der Waals surface area contributed by atoms with Gasteiger partial charge in [-0.25, -0.2) is 4.39 Å². The fourth-order valence-electron chi connectivity index (χ4n) is 2.38. The van der Waals surface area contributed by atoms with Crippen molar-refractivity contribution in [2.24, 2.45) is 5.73 Å². The Balaban J connectivity index is 2.30. The zero-order valence-corrected chi connectivity index (χ0v) is 10.8. The Morgan fingerprint density at radius 1 is 1.06 bits per heavy atom. The molecule has 1 nitrogen and oxygen atoms in total. The van der Waals surface area contributed by atoms with Crippen LogP contribution in [0.5, 0.6) is 0 Å². The van der Waals surface area contributed by atoms with E-state index in [0.29, 0.717) is 5.39 Å². The van der Waals surface area contributed by atoms with Gasteiger partial charge in [-0.05, 0) is 23.4 Å². The standard InChI is InChI=1S/C16H20FN/c1-2-3-4-9-16(18)14-10-11-15(17)13-8-6-5-7-12(13)14/h5-8,10-11,16H,2-4,9,18H2,1H3. The van der Waals surface area contributed by atoms with Gasteiger partial charge in [-0.15, -0.1) is 0 Å². The van der Waals surface area contributed by atoms with Crippen LogP contribution in [0.3, 0.4) is 0 Å². The summed E-state index contributed by atoms with van der Waals surface area (Å²) in [6.07, 6.45) is 4.48. The predicted octanol–water partition coefficient (Wildman–Crippen LogP) is 4.56. The maximum atomic E-state index is 13.7. The third-order valence-electron chi connectivity index (χ3n) is 3.42. The van der Waals surface area contributed by atoms with E-state index in [0.717, 1.165) is 23.8 Å². The minimum atomic E-state index is -0.171. The quantitative estimate of drug-likeness (QED) is 0.768. The van der Waals surface area contributed by atoms with E-state index in [1.807, 2.05) is 30.3 Å². The second-order valence-electron chi connectivity index (χ2n) is 4.78. The van der Waals surface area contributed by atoms with Gasteiger partial charge in [0.05, 0.1) is 0 Å². The Hall–Kier alpha value is -1.41. The summed E-state index contributed by atoms with van der Waals surface area (Å²) in [5.41, 5.74) is 7.29. The van der Waals surface area contributed by atoms with Crippen molar-refractivity contribution in [3.05, 3.63) is 47.8 Å². The smallest absolute Gasteiger partial charge is 0.131 e. The van der Waals surface area contributed by atoms with Gasteiger partial charge in [-0.2, -0.15) is 0 Å². The predicted molar refractivity (Wildman–Crippen MR) is 75.0 cm³/mol. The summed E-state index contributed by atoms with van der Waals surface area (Å²) in [5.74, 6) is -0.171. The van der Waals surface area contributed by atoms with Crippen molar-refractivity contribution < 1.29 is 4.39 Å². The highest BCUT2D eigenvalue weighted by atomic mass is 19.1. The normalized spacial score (nSPS) is 12.8. The number of hydrogen-bond donors (Lipinski definition) is 1. The Morgan fingerprint density at radius 3 is 2.50 bits per heavy atom. The zero-order valence-electron chi connectivity index (χ0n) is 10.8. The van der Waals surface area contributed by atoms with Crippen molar-refractivity contribution in [2.45, 2.75) is 38.6 Å². The van der Waals surface area contributed by atoms with Crippen LogP contribution in [0, 0.1) is 5.82 Å². The highest BCUT2D eigenvalue weighted by molar-refractivity contribution is 5.86. The van der Waals surface area contributed by atoms with Crippen molar-refractivity contribution in [3.8, 4) is 0 Å². The molecule has 2 heteroatoms. The lowest BCUT2D eigenvalue weighted by molar-refractivity contribution is 0.582. The molecule has 0 bridgehead atoms. The van der Waals surface area contributed by atoms with E-state index < -0.39 is 0 Å². The Kier molecular flexibility index (Phi) is 4.32. The number of nitrogens with two attached hydrogens (primary N) is 1. The Labute approximate surface area is 108 Å². The molecule has 0 saturated carbocycles. The van der Waals surface area contributed by atoms with Crippen LogP contribution in [0.2, 0.25) is 0 Å². The molecule has 0 aliphatic carbocycles. The molecule has 2 rings (SSSR count). The average Bonchev–Trinajstić information content (AvgIpc) is 2.39. The average molecular weight is 245 g/mol. The zero-order chi connectivity index (χ0) is 13.0. The molecule has 2 aromatic rings. The van der Waals surface area contributed by atoms with E-state index >= 15 is 0 Å². The van der Waals surface area contributed by atoms with Gasteiger partial charge in [0.25, 0.3) is 0 Å². The first-order valence-corrected chi connectivity index (χ1v) is 6.66. The number of unbranched alkanes of at least 4 members (excludes halogenated alkanes) is 2. The van der Waals surface area contributed by atoms with Gasteiger partial charge in [-0.3, -0.25) is 0 Å². The van der Waals surface area contributed by atoms with E-state index in [1.54, 1.807) is 0 Å². The monoisotopic (exact) mass is 245 g/mol. The molecular formula is C16H20FN. The summed E-state index contributed by atoms with van der Waals surface area (Å²) in [7, 11) is 0. The molecule has 0 aliphatic rings. The first kappa shape index (κ1) is 13.0. The third-order valence-corrected chi connectivity index (χ3v) is 3.42. The lowest BCUT2D eigenvalue weighted by Crippen LogP contribution is -2.10. The first-order chi connectivity index (χ1) is 8.74. The number of benzene rings is 2. The molecule has 1 unspecified atom stereocenters. The molecular weight excluding hydrogens is 225 g/mol. The van der Waals surface area contributed by atoms with Crippen molar-refractivity contribution in [1.82, 2.24) is 0 Å². The van der Waals surface area contributed by atoms with Crippen LogP contribution in [0.1, 0.15) is 44.2 Å². The van der Waals surface area contributed by atoms with Crippen molar-refractivity contribution in [2.75, 3.05) is 0 Å². The van der Waals surface area contributed by atoms with Crippen molar-refractivity contribution >= 4 is 10.8 Å². The molecule has 0 saturated heterocycles. The van der Waals surface area contributed by atoms with Gasteiger partial charge < -0.3 is 5.73 Å². The number of halogens is 1. The Bertz CT molecular complexity index is 521. The Morgan fingerprint density at radius 2 is 1.78 bits per heavy atom. The second kappa shape index (κ2) is 5.96. The molecule has 0 radical (unpaired) electrons. The minimum Gasteiger partial charge on any atom is -0.324 e. The molecule has 96 valence electrons. The lowest BCUT2D eigenvalue weighted by atomic mass is 9.95. The van der Waals surface area contributed by atoms with Crippen molar-refractivity contribution in [3.63, 3.8) is 0 Å². The summed E-state index contributed by atoms with van der Waals surface area (Å²) in [4.78, 5) is 0. The van der Waals surface area contributed by atoms with E-state index in [2.05, 4.69) is 6.92 Å². The van der Waals surface area contributed by atoms with Crippen LogP contribution in [0.25, 0.3) is 10.8 Å². The fraction of sp³-hybridized carbons (Fsp3) is 0.375. The maximum Gasteiger partial charge on any atom is 0.131 e. The SMILES string of the molecule is CCCCCC(N)c1ccc(F)c2ccccc12. The highest BCUT2D eigenvalue weighted by Gasteiger charge is 2.11. The van der Waals surface area contributed by atoms with Gasteiger partial charge in [-0.1, -0.05) is 56.5 Å². The molecule has 2 N–H and O–H groups in total. The molecule has 2 aromatic carbocycles. The molecule has 18 heavy (non-hydrogen) atoms. The topological polar surface area (TPSA) is 26.0 Å². The minimum absolute atomic E-state index is 0.00190. The molecule has 1 atom stereocenters. The van der Waals surface area contributed by atoms with Gasteiger partial charge in [0.15, 0.2) is 0 Å². The first-order valence-electron chi connectivity index (χ1n) is 6.66. The summed E-state index contributed by atoms with van der Waals surface area (Å²) >= 11 is 0. The van der Waals surface area contributed by atoms with E-state index in [1.165, 1.54) is 18.9 Å². The van der Waals surface area contributed by atoms with Gasteiger partial charge in [0.1, 0.15) is 5.82 Å². The van der Waals surface area contributed by atoms with Crippen LogP contribution in [-0.2, 0) is 0 Å². The third kappa shape index (κ3) is 2.70. The van der Waals surface area contributed by atoms with Crippen LogP contribution in [-0.4, -0.2) is 0 Å². The van der Waals surface area contributed by atoms with E-state index in [4.69, 9.17) is 5.73 Å².